The van der Waals surface area contributed by atoms with E-state index in [2.05, 4.69) is 4.90 Å². The number of aliphatic carboxylic acids is 1. The van der Waals surface area contributed by atoms with E-state index in [1.165, 1.54) is 0 Å². The number of piperidine rings is 1. The van der Waals surface area contributed by atoms with Crippen LogP contribution in [0.3, 0.4) is 0 Å². The zero-order valence-electron chi connectivity index (χ0n) is 7.20. The number of hydrogen-bond acceptors (Lipinski definition) is 3. The van der Waals surface area contributed by atoms with Crippen LogP contribution in [0.5, 0.6) is 0 Å². The van der Waals surface area contributed by atoms with E-state index in [0.717, 1.165) is 25.9 Å². The van der Waals surface area contributed by atoms with Gasteiger partial charge < -0.3 is 15.7 Å². The summed E-state index contributed by atoms with van der Waals surface area (Å²) in [5.74, 6) is -0.728. The Labute approximate surface area is 72.3 Å². The number of hydrogen-bond donors (Lipinski definition) is 2. The van der Waals surface area contributed by atoms with Crippen LogP contribution in [0.4, 0.5) is 0 Å². The van der Waals surface area contributed by atoms with Crippen molar-refractivity contribution in [2.24, 2.45) is 5.73 Å². The molecule has 12 heavy (non-hydrogen) atoms. The SMILES string of the molecule is N[C@@H]1CCCN(CCC(=O)O)C1. The van der Waals surface area contributed by atoms with E-state index in [4.69, 9.17) is 10.8 Å². The fourth-order valence-electron chi connectivity index (χ4n) is 1.55. The number of carboxylic acids is 1. The molecule has 0 amide bonds. The maximum Gasteiger partial charge on any atom is 0.304 e. The lowest BCUT2D eigenvalue weighted by molar-refractivity contribution is -0.137. The third kappa shape index (κ3) is 3.19. The number of nitrogens with two attached hydrogens (primary N) is 1. The monoisotopic (exact) mass is 172 g/mol. The van der Waals surface area contributed by atoms with Gasteiger partial charge >= 0.3 is 5.97 Å². The molecule has 0 aromatic heterocycles. The Kier molecular flexibility index (Phi) is 3.49. The maximum atomic E-state index is 10.3. The third-order valence-electron chi connectivity index (χ3n) is 2.18. The molecule has 1 heterocycles. The molecule has 1 rings (SSSR count). The number of rotatable bonds is 3. The van der Waals surface area contributed by atoms with E-state index in [-0.39, 0.29) is 12.5 Å². The van der Waals surface area contributed by atoms with Crippen LogP contribution in [-0.4, -0.2) is 41.7 Å². The predicted molar refractivity (Wildman–Crippen MR) is 45.9 cm³/mol. The minimum atomic E-state index is -0.728. The molecular weight excluding hydrogens is 156 g/mol. The normalized spacial score (nSPS) is 25.6. The van der Waals surface area contributed by atoms with Gasteiger partial charge in [-0.05, 0) is 19.4 Å². The van der Waals surface area contributed by atoms with E-state index in [1.54, 1.807) is 0 Å². The summed E-state index contributed by atoms with van der Waals surface area (Å²) in [6.45, 7) is 2.50. The van der Waals surface area contributed by atoms with Crippen LogP contribution in [0.2, 0.25) is 0 Å². The third-order valence-corrected chi connectivity index (χ3v) is 2.18. The van der Waals surface area contributed by atoms with Crippen molar-refractivity contribution in [3.63, 3.8) is 0 Å². The molecule has 4 heteroatoms. The van der Waals surface area contributed by atoms with E-state index in [0.29, 0.717) is 6.54 Å². The van der Waals surface area contributed by atoms with Gasteiger partial charge in [0.2, 0.25) is 0 Å². The number of carboxylic acid groups (broad SMARTS) is 1. The summed E-state index contributed by atoms with van der Waals surface area (Å²) in [5, 5.41) is 8.45. The molecule has 0 spiro atoms. The molecule has 0 aromatic rings. The Bertz CT molecular complexity index is 161. The van der Waals surface area contributed by atoms with E-state index in [9.17, 15) is 4.79 Å². The van der Waals surface area contributed by atoms with Gasteiger partial charge in [-0.1, -0.05) is 0 Å². The highest BCUT2D eigenvalue weighted by molar-refractivity contribution is 5.66. The molecular formula is C8H16N2O2. The standard InChI is InChI=1S/C8H16N2O2/c9-7-2-1-4-10(6-7)5-3-8(11)12/h7H,1-6,9H2,(H,11,12)/t7-/m1/s1. The van der Waals surface area contributed by atoms with Crippen molar-refractivity contribution in [1.29, 1.82) is 0 Å². The number of carbonyl (C=O) groups is 1. The second-order valence-electron chi connectivity index (χ2n) is 3.35. The molecule has 0 saturated carbocycles. The van der Waals surface area contributed by atoms with Crippen LogP contribution < -0.4 is 5.73 Å². The summed E-state index contributed by atoms with van der Waals surface area (Å²) < 4.78 is 0. The van der Waals surface area contributed by atoms with E-state index < -0.39 is 5.97 Å². The molecule has 3 N–H and O–H groups in total. The quantitative estimate of drug-likeness (QED) is 0.623. The average molecular weight is 172 g/mol. The van der Waals surface area contributed by atoms with Gasteiger partial charge in [0.25, 0.3) is 0 Å². The van der Waals surface area contributed by atoms with Crippen LogP contribution in [0.1, 0.15) is 19.3 Å². The first kappa shape index (κ1) is 9.48. The van der Waals surface area contributed by atoms with Crippen LogP contribution in [0.15, 0.2) is 0 Å². The number of nitrogens with zero attached hydrogens (tertiary/aromatic N) is 1. The highest BCUT2D eigenvalue weighted by Crippen LogP contribution is 2.07. The molecule has 1 saturated heterocycles. The summed E-state index contributed by atoms with van der Waals surface area (Å²) in [6, 6.07) is 0.243. The molecule has 70 valence electrons. The van der Waals surface area contributed by atoms with Gasteiger partial charge in [-0.15, -0.1) is 0 Å². The Morgan fingerprint density at radius 2 is 2.42 bits per heavy atom. The highest BCUT2D eigenvalue weighted by Gasteiger charge is 2.16. The predicted octanol–water partition coefficient (Wildman–Crippen LogP) is -0.116. The van der Waals surface area contributed by atoms with E-state index >= 15 is 0 Å². The summed E-state index contributed by atoms with van der Waals surface area (Å²) in [6.07, 6.45) is 2.40. The minimum absolute atomic E-state index is 0.229. The number of likely N-dealkylation sites (tertiary alicyclic amines) is 1. The zero-order valence-corrected chi connectivity index (χ0v) is 7.20. The zero-order chi connectivity index (χ0) is 8.97. The lowest BCUT2D eigenvalue weighted by Gasteiger charge is -2.29. The Morgan fingerprint density at radius 1 is 1.67 bits per heavy atom. The fraction of sp³-hybridized carbons (Fsp3) is 0.875. The topological polar surface area (TPSA) is 66.6 Å². The van der Waals surface area contributed by atoms with Crippen LogP contribution >= 0.6 is 0 Å². The molecule has 0 aromatic carbocycles. The summed E-state index contributed by atoms with van der Waals surface area (Å²) in [4.78, 5) is 12.4. The van der Waals surface area contributed by atoms with Gasteiger partial charge in [0.15, 0.2) is 0 Å². The molecule has 0 aliphatic carbocycles. The van der Waals surface area contributed by atoms with Crippen LogP contribution in [0.25, 0.3) is 0 Å². The van der Waals surface area contributed by atoms with Crippen LogP contribution in [-0.2, 0) is 4.79 Å². The Hall–Kier alpha value is -0.610. The van der Waals surface area contributed by atoms with Gasteiger partial charge in [-0.25, -0.2) is 0 Å². The minimum Gasteiger partial charge on any atom is -0.481 e. The van der Waals surface area contributed by atoms with Gasteiger partial charge in [0.1, 0.15) is 0 Å². The molecule has 0 radical (unpaired) electrons. The van der Waals surface area contributed by atoms with Crippen molar-refractivity contribution in [3.05, 3.63) is 0 Å². The van der Waals surface area contributed by atoms with Crippen molar-refractivity contribution in [3.8, 4) is 0 Å². The summed E-state index contributed by atoms with van der Waals surface area (Å²) >= 11 is 0. The first-order chi connectivity index (χ1) is 5.68. The molecule has 0 unspecified atom stereocenters. The average Bonchev–Trinajstić information content (AvgIpc) is 2.01. The molecule has 1 aliphatic rings. The second kappa shape index (κ2) is 4.42. The first-order valence-corrected chi connectivity index (χ1v) is 4.38. The van der Waals surface area contributed by atoms with Crippen LogP contribution in [0, 0.1) is 0 Å². The van der Waals surface area contributed by atoms with Crippen molar-refractivity contribution in [2.45, 2.75) is 25.3 Å². The van der Waals surface area contributed by atoms with Gasteiger partial charge in [0.05, 0.1) is 6.42 Å². The molecule has 4 nitrogen and oxygen atoms in total. The van der Waals surface area contributed by atoms with Gasteiger partial charge in [0, 0.05) is 19.1 Å². The summed E-state index contributed by atoms with van der Waals surface area (Å²) in [5.41, 5.74) is 5.74. The second-order valence-corrected chi connectivity index (χ2v) is 3.35. The van der Waals surface area contributed by atoms with Crippen molar-refractivity contribution < 1.29 is 9.90 Å². The smallest absolute Gasteiger partial charge is 0.304 e. The maximum absolute atomic E-state index is 10.3. The van der Waals surface area contributed by atoms with Gasteiger partial charge in [-0.3, -0.25) is 4.79 Å². The summed E-state index contributed by atoms with van der Waals surface area (Å²) in [7, 11) is 0. The highest BCUT2D eigenvalue weighted by atomic mass is 16.4. The molecule has 1 fully saturated rings. The fourth-order valence-corrected chi connectivity index (χ4v) is 1.55. The molecule has 1 atom stereocenters. The first-order valence-electron chi connectivity index (χ1n) is 4.38. The lowest BCUT2D eigenvalue weighted by atomic mass is 10.1. The Balaban J connectivity index is 2.18. The van der Waals surface area contributed by atoms with E-state index in [1.807, 2.05) is 0 Å². The lowest BCUT2D eigenvalue weighted by Crippen LogP contribution is -2.43. The largest absolute Gasteiger partial charge is 0.481 e. The van der Waals surface area contributed by atoms with Crippen molar-refractivity contribution in [2.75, 3.05) is 19.6 Å². The Morgan fingerprint density at radius 3 is 3.00 bits per heavy atom. The van der Waals surface area contributed by atoms with Crippen molar-refractivity contribution in [1.82, 2.24) is 4.90 Å². The van der Waals surface area contributed by atoms with Gasteiger partial charge in [-0.2, -0.15) is 0 Å². The molecule has 1 aliphatic heterocycles. The van der Waals surface area contributed by atoms with Crippen molar-refractivity contribution >= 4 is 5.97 Å². The molecule has 0 bridgehead atoms.